The van der Waals surface area contributed by atoms with Gasteiger partial charge in [0.25, 0.3) is 0 Å². The molecule has 0 spiro atoms. The second kappa shape index (κ2) is 15.2. The molecule has 0 amide bonds. The van der Waals surface area contributed by atoms with Crippen LogP contribution in [0.3, 0.4) is 0 Å². The average Bonchev–Trinajstić information content (AvgIpc) is 2.10. The molecule has 7 nitrogen and oxygen atoms in total. The summed E-state index contributed by atoms with van der Waals surface area (Å²) >= 11 is 0. The van der Waals surface area contributed by atoms with Gasteiger partial charge in [-0.15, -0.1) is 0 Å². The summed E-state index contributed by atoms with van der Waals surface area (Å²) in [5.74, 6) is -0.630. The van der Waals surface area contributed by atoms with Gasteiger partial charge in [0, 0.05) is 11.5 Å². The minimum atomic E-state index is -3.97. The maximum Gasteiger partial charge on any atom is 2.00 e. The molecule has 0 rings (SSSR count). The molecule has 0 aromatic heterocycles. The van der Waals surface area contributed by atoms with E-state index in [0.29, 0.717) is 0 Å². The van der Waals surface area contributed by atoms with Crippen LogP contribution in [0.2, 0.25) is 0 Å². The minimum absolute atomic E-state index is 0. The van der Waals surface area contributed by atoms with Crippen molar-refractivity contribution in [2.75, 3.05) is 11.5 Å². The summed E-state index contributed by atoms with van der Waals surface area (Å²) in [7, 11) is -7.95. The Bertz CT molecular complexity index is 442. The van der Waals surface area contributed by atoms with Gasteiger partial charge in [0.1, 0.15) is 0 Å². The molecular weight excluding hydrogens is 358 g/mol. The summed E-state index contributed by atoms with van der Waals surface area (Å²) in [6, 6.07) is 0. The summed E-state index contributed by atoms with van der Waals surface area (Å²) in [5.41, 5.74) is 6.17. The van der Waals surface area contributed by atoms with Crippen LogP contribution in [0.5, 0.6) is 0 Å². The maximum atomic E-state index is 9.89. The van der Waals surface area contributed by atoms with Crippen molar-refractivity contribution >= 4 is 58.0 Å². The Morgan fingerprint density at radius 2 is 1.09 bits per heavy atom. The van der Waals surface area contributed by atoms with E-state index < -0.39 is 20.2 Å². The zero-order chi connectivity index (χ0) is 17.9. The maximum absolute atomic E-state index is 9.89. The molecule has 0 atom stereocenters. The van der Waals surface area contributed by atoms with E-state index >= 15 is 0 Å². The molecule has 0 unspecified atom stereocenters. The molecule has 0 fully saturated rings. The topological polar surface area (TPSA) is 140 Å². The number of hydrogen-bond donors (Lipinski definition) is 1. The monoisotopic (exact) mass is 385 g/mol. The first-order valence-electron chi connectivity index (χ1n) is 6.33. The quantitative estimate of drug-likeness (QED) is 0.559. The third kappa shape index (κ3) is 49.8. The van der Waals surface area contributed by atoms with Gasteiger partial charge in [-0.1, -0.05) is 33.3 Å². The van der Waals surface area contributed by atoms with Crippen molar-refractivity contribution in [3.8, 4) is 0 Å². The van der Waals surface area contributed by atoms with Crippen LogP contribution >= 0.6 is 0 Å². The molecule has 2 N–H and O–H groups in total. The largest absolute Gasteiger partial charge is 2.00 e. The van der Waals surface area contributed by atoms with E-state index in [0.717, 1.165) is 5.57 Å². The van der Waals surface area contributed by atoms with Gasteiger partial charge in [0.2, 0.25) is 0 Å². The Morgan fingerprint density at radius 3 is 1.09 bits per heavy atom. The summed E-state index contributed by atoms with van der Waals surface area (Å²) in [6.45, 7) is 10.7. The van der Waals surface area contributed by atoms with Crippen molar-refractivity contribution < 1.29 is 25.9 Å². The molecule has 10 heteroatoms. The average molecular weight is 386 g/mol. The Labute approximate surface area is 165 Å². The zero-order valence-corrected chi connectivity index (χ0v) is 18.0. The van der Waals surface area contributed by atoms with E-state index in [1.165, 1.54) is 0 Å². The zero-order valence-electron chi connectivity index (χ0n) is 14.2. The van der Waals surface area contributed by atoms with Crippen LogP contribution in [0.25, 0.3) is 0 Å². The predicted octanol–water partition coefficient (Wildman–Crippen LogP) is 0.863. The standard InChI is InChI=1S/C4H9N.2C4H10O3S.Ca/c1-4(2)3-5;2*1-4(2)3-8(5,6)7;/h3H,5H2,1-2H3;2*4H,3H2,1-2H3,(H,5,6,7);/q;;;+2/p-2. The second-order valence-corrected chi connectivity index (χ2v) is 8.38. The van der Waals surface area contributed by atoms with Crippen LogP contribution in [0.1, 0.15) is 41.5 Å². The summed E-state index contributed by atoms with van der Waals surface area (Å²) < 4.78 is 59.3. The number of allylic oxidation sites excluding steroid dienone is 1. The minimum Gasteiger partial charge on any atom is -0.748 e. The molecule has 0 aromatic rings. The van der Waals surface area contributed by atoms with Gasteiger partial charge in [0.05, 0.1) is 20.2 Å². The molecular formula is C12H27CaNO6S2. The fourth-order valence-corrected chi connectivity index (χ4v) is 2.45. The molecule has 130 valence electrons. The molecule has 0 saturated heterocycles. The van der Waals surface area contributed by atoms with Gasteiger partial charge in [-0.05, 0) is 31.9 Å². The molecule has 0 saturated carbocycles. The van der Waals surface area contributed by atoms with E-state index in [-0.39, 0.29) is 61.1 Å². The first-order valence-corrected chi connectivity index (χ1v) is 9.48. The first kappa shape index (κ1) is 30.5. The van der Waals surface area contributed by atoms with Crippen LogP contribution in [0.15, 0.2) is 11.8 Å². The smallest absolute Gasteiger partial charge is 0.748 e. The normalized spacial score (nSPS) is 10.6. The van der Waals surface area contributed by atoms with Gasteiger partial charge in [0.15, 0.2) is 0 Å². The summed E-state index contributed by atoms with van der Waals surface area (Å²) in [5, 5.41) is 0. The van der Waals surface area contributed by atoms with Crippen molar-refractivity contribution in [2.24, 2.45) is 17.6 Å². The van der Waals surface area contributed by atoms with E-state index in [1.807, 2.05) is 13.8 Å². The molecule has 0 aromatic carbocycles. The SMILES string of the molecule is CC(C)=CN.CC(C)CS(=O)(=O)[O-].CC(C)CS(=O)(=O)[O-].[Ca+2]. The fraction of sp³-hybridized carbons (Fsp3) is 0.833. The third-order valence-electron chi connectivity index (χ3n) is 1.41. The summed E-state index contributed by atoms with van der Waals surface area (Å²) in [4.78, 5) is 0. The second-order valence-electron chi connectivity index (χ2n) is 5.48. The van der Waals surface area contributed by atoms with Crippen LogP contribution < -0.4 is 5.73 Å². The Morgan fingerprint density at radius 1 is 0.909 bits per heavy atom. The molecule has 0 radical (unpaired) electrons. The van der Waals surface area contributed by atoms with Gasteiger partial charge in [-0.2, -0.15) is 0 Å². The third-order valence-corrected chi connectivity index (χ3v) is 3.56. The Hall–Kier alpha value is 0.620. The summed E-state index contributed by atoms with van der Waals surface area (Å²) in [6.07, 6.45) is 1.58. The van der Waals surface area contributed by atoms with Crippen molar-refractivity contribution in [3.63, 3.8) is 0 Å². The molecule has 0 heterocycles. The predicted molar refractivity (Wildman–Crippen MR) is 88.2 cm³/mol. The van der Waals surface area contributed by atoms with Crippen LogP contribution in [0, 0.1) is 11.8 Å². The van der Waals surface area contributed by atoms with Gasteiger partial charge < -0.3 is 14.8 Å². The van der Waals surface area contributed by atoms with Crippen LogP contribution in [-0.2, 0) is 20.2 Å². The molecule has 0 aliphatic heterocycles. The van der Waals surface area contributed by atoms with Crippen LogP contribution in [0.4, 0.5) is 0 Å². The molecule has 0 aliphatic rings. The van der Waals surface area contributed by atoms with Gasteiger partial charge in [-0.25, -0.2) is 16.8 Å². The van der Waals surface area contributed by atoms with Crippen molar-refractivity contribution in [1.82, 2.24) is 0 Å². The van der Waals surface area contributed by atoms with Gasteiger partial charge >= 0.3 is 37.7 Å². The first-order chi connectivity index (χ1) is 9.10. The van der Waals surface area contributed by atoms with Crippen molar-refractivity contribution in [3.05, 3.63) is 11.8 Å². The molecule has 0 aliphatic carbocycles. The van der Waals surface area contributed by atoms with Gasteiger partial charge in [-0.3, -0.25) is 0 Å². The number of hydrogen-bond acceptors (Lipinski definition) is 7. The van der Waals surface area contributed by atoms with Crippen molar-refractivity contribution in [2.45, 2.75) is 41.5 Å². The molecule has 0 bridgehead atoms. The van der Waals surface area contributed by atoms with E-state index in [9.17, 15) is 25.9 Å². The number of rotatable bonds is 4. The van der Waals surface area contributed by atoms with E-state index in [2.05, 4.69) is 0 Å². The fourth-order valence-electron chi connectivity index (χ4n) is 0.816. The Balaban J connectivity index is -0.000000111. The van der Waals surface area contributed by atoms with Crippen molar-refractivity contribution in [1.29, 1.82) is 0 Å². The van der Waals surface area contributed by atoms with E-state index in [1.54, 1.807) is 33.9 Å². The molecule has 22 heavy (non-hydrogen) atoms. The van der Waals surface area contributed by atoms with E-state index in [4.69, 9.17) is 5.73 Å². The number of nitrogens with two attached hydrogens (primary N) is 1. The van der Waals surface area contributed by atoms with Crippen LogP contribution in [-0.4, -0.2) is 75.2 Å². The Kier molecular flexibility index (Phi) is 21.0.